The minimum Gasteiger partial charge on any atom is -0.380 e. The van der Waals surface area contributed by atoms with Crippen molar-refractivity contribution < 1.29 is 4.74 Å². The van der Waals surface area contributed by atoms with Crippen LogP contribution in [0.4, 0.5) is 0 Å². The van der Waals surface area contributed by atoms with Crippen LogP contribution in [0.3, 0.4) is 0 Å². The first kappa shape index (κ1) is 7.53. The normalized spacial score (nSPS) is 38.2. The predicted octanol–water partition coefficient (Wildman–Crippen LogP) is -0.273. The van der Waals surface area contributed by atoms with Gasteiger partial charge < -0.3 is 15.4 Å². The maximum absolute atomic E-state index is 5.28. The molecule has 0 bridgehead atoms. The van der Waals surface area contributed by atoms with Gasteiger partial charge in [0.1, 0.15) is 0 Å². The third-order valence-corrected chi connectivity index (χ3v) is 2.46. The SMILES string of the molecule is C1CC(NC2CCOC2)CN1. The molecule has 0 saturated carbocycles. The van der Waals surface area contributed by atoms with E-state index in [4.69, 9.17) is 4.74 Å². The van der Waals surface area contributed by atoms with Gasteiger partial charge in [0.15, 0.2) is 0 Å². The summed E-state index contributed by atoms with van der Waals surface area (Å²) in [7, 11) is 0. The van der Waals surface area contributed by atoms with Gasteiger partial charge in [-0.05, 0) is 19.4 Å². The van der Waals surface area contributed by atoms with Crippen LogP contribution >= 0.6 is 0 Å². The molecule has 3 heteroatoms. The van der Waals surface area contributed by atoms with E-state index >= 15 is 0 Å². The summed E-state index contributed by atoms with van der Waals surface area (Å²) in [6.07, 6.45) is 2.47. The Balaban J connectivity index is 1.71. The molecule has 11 heavy (non-hydrogen) atoms. The number of rotatable bonds is 2. The van der Waals surface area contributed by atoms with Gasteiger partial charge in [-0.3, -0.25) is 0 Å². The van der Waals surface area contributed by atoms with E-state index in [1.165, 1.54) is 19.4 Å². The summed E-state index contributed by atoms with van der Waals surface area (Å²) in [6.45, 7) is 4.16. The van der Waals surface area contributed by atoms with Crippen LogP contribution < -0.4 is 10.6 Å². The Bertz CT molecular complexity index is 103. The highest BCUT2D eigenvalue weighted by atomic mass is 16.5. The molecular formula is C8H16N2O. The summed E-state index contributed by atoms with van der Waals surface area (Å²) in [5, 5.41) is 6.93. The number of hydrogen-bond donors (Lipinski definition) is 2. The summed E-state index contributed by atoms with van der Waals surface area (Å²) in [5.41, 5.74) is 0. The fourth-order valence-electron chi connectivity index (χ4n) is 1.80. The van der Waals surface area contributed by atoms with Crippen molar-refractivity contribution in [3.8, 4) is 0 Å². The van der Waals surface area contributed by atoms with Crippen LogP contribution in [0.1, 0.15) is 12.8 Å². The molecule has 2 heterocycles. The lowest BCUT2D eigenvalue weighted by atomic mass is 10.2. The van der Waals surface area contributed by atoms with Crippen molar-refractivity contribution in [2.45, 2.75) is 24.9 Å². The highest BCUT2D eigenvalue weighted by molar-refractivity contribution is 4.82. The molecule has 2 rings (SSSR count). The van der Waals surface area contributed by atoms with Crippen molar-refractivity contribution in [2.75, 3.05) is 26.3 Å². The third-order valence-electron chi connectivity index (χ3n) is 2.46. The molecule has 2 saturated heterocycles. The molecule has 2 fully saturated rings. The zero-order chi connectivity index (χ0) is 7.52. The summed E-state index contributed by atoms with van der Waals surface area (Å²) >= 11 is 0. The van der Waals surface area contributed by atoms with E-state index in [0.717, 1.165) is 19.8 Å². The summed E-state index contributed by atoms with van der Waals surface area (Å²) < 4.78 is 5.28. The molecule has 2 unspecified atom stereocenters. The van der Waals surface area contributed by atoms with Gasteiger partial charge in [0.25, 0.3) is 0 Å². The van der Waals surface area contributed by atoms with Crippen LogP contribution in [0.15, 0.2) is 0 Å². The van der Waals surface area contributed by atoms with Crippen LogP contribution in [0, 0.1) is 0 Å². The van der Waals surface area contributed by atoms with Gasteiger partial charge in [-0.25, -0.2) is 0 Å². The molecule has 2 N–H and O–H groups in total. The van der Waals surface area contributed by atoms with Crippen LogP contribution in [0.5, 0.6) is 0 Å². The van der Waals surface area contributed by atoms with Gasteiger partial charge >= 0.3 is 0 Å². The monoisotopic (exact) mass is 156 g/mol. The molecule has 0 spiro atoms. The molecule has 0 radical (unpaired) electrons. The van der Waals surface area contributed by atoms with Crippen molar-refractivity contribution in [2.24, 2.45) is 0 Å². The molecule has 2 aliphatic heterocycles. The van der Waals surface area contributed by atoms with Gasteiger partial charge in [-0.2, -0.15) is 0 Å². The lowest BCUT2D eigenvalue weighted by molar-refractivity contribution is 0.188. The smallest absolute Gasteiger partial charge is 0.0620 e. The van der Waals surface area contributed by atoms with Gasteiger partial charge in [0.2, 0.25) is 0 Å². The first-order chi connectivity index (χ1) is 5.45. The first-order valence-corrected chi connectivity index (χ1v) is 4.49. The predicted molar refractivity (Wildman–Crippen MR) is 43.6 cm³/mol. The number of ether oxygens (including phenoxy) is 1. The zero-order valence-electron chi connectivity index (χ0n) is 6.81. The molecular weight excluding hydrogens is 140 g/mol. The maximum Gasteiger partial charge on any atom is 0.0620 e. The zero-order valence-corrected chi connectivity index (χ0v) is 6.81. The first-order valence-electron chi connectivity index (χ1n) is 4.49. The maximum atomic E-state index is 5.28. The second-order valence-corrected chi connectivity index (χ2v) is 3.42. The van der Waals surface area contributed by atoms with Gasteiger partial charge in [0, 0.05) is 25.2 Å². The highest BCUT2D eigenvalue weighted by Gasteiger charge is 2.21. The van der Waals surface area contributed by atoms with Crippen LogP contribution in [-0.2, 0) is 4.74 Å². The second-order valence-electron chi connectivity index (χ2n) is 3.42. The van der Waals surface area contributed by atoms with Crippen LogP contribution in [-0.4, -0.2) is 38.4 Å². The Hall–Kier alpha value is -0.120. The van der Waals surface area contributed by atoms with Crippen LogP contribution in [0.2, 0.25) is 0 Å². The van der Waals surface area contributed by atoms with E-state index in [2.05, 4.69) is 10.6 Å². The minimum atomic E-state index is 0.625. The number of hydrogen-bond acceptors (Lipinski definition) is 3. The second kappa shape index (κ2) is 3.52. The Kier molecular flexibility index (Phi) is 2.41. The largest absolute Gasteiger partial charge is 0.380 e. The Morgan fingerprint density at radius 3 is 2.91 bits per heavy atom. The van der Waals surface area contributed by atoms with Gasteiger partial charge in [0.05, 0.1) is 6.61 Å². The minimum absolute atomic E-state index is 0.625. The van der Waals surface area contributed by atoms with E-state index < -0.39 is 0 Å². The van der Waals surface area contributed by atoms with Gasteiger partial charge in [-0.15, -0.1) is 0 Å². The Morgan fingerprint density at radius 2 is 2.27 bits per heavy atom. The molecule has 0 aliphatic carbocycles. The van der Waals surface area contributed by atoms with Crippen molar-refractivity contribution in [3.05, 3.63) is 0 Å². The molecule has 0 amide bonds. The topological polar surface area (TPSA) is 33.3 Å². The van der Waals surface area contributed by atoms with Gasteiger partial charge in [-0.1, -0.05) is 0 Å². The van der Waals surface area contributed by atoms with E-state index in [1.54, 1.807) is 0 Å². The van der Waals surface area contributed by atoms with Crippen molar-refractivity contribution in [1.29, 1.82) is 0 Å². The fraction of sp³-hybridized carbons (Fsp3) is 1.00. The average Bonchev–Trinajstić information content (AvgIpc) is 2.60. The summed E-state index contributed by atoms with van der Waals surface area (Å²) in [6, 6.07) is 1.32. The van der Waals surface area contributed by atoms with Crippen LogP contribution in [0.25, 0.3) is 0 Å². The summed E-state index contributed by atoms with van der Waals surface area (Å²) in [4.78, 5) is 0. The van der Waals surface area contributed by atoms with E-state index in [1.807, 2.05) is 0 Å². The molecule has 3 nitrogen and oxygen atoms in total. The van der Waals surface area contributed by atoms with Crippen molar-refractivity contribution in [1.82, 2.24) is 10.6 Å². The summed E-state index contributed by atoms with van der Waals surface area (Å²) in [5.74, 6) is 0. The average molecular weight is 156 g/mol. The van der Waals surface area contributed by atoms with Crippen molar-refractivity contribution in [3.63, 3.8) is 0 Å². The quantitative estimate of drug-likeness (QED) is 0.577. The lowest BCUT2D eigenvalue weighted by Gasteiger charge is -2.15. The highest BCUT2D eigenvalue weighted by Crippen LogP contribution is 2.06. The molecule has 0 aromatic heterocycles. The van der Waals surface area contributed by atoms with E-state index in [-0.39, 0.29) is 0 Å². The lowest BCUT2D eigenvalue weighted by Crippen LogP contribution is -2.39. The van der Waals surface area contributed by atoms with E-state index in [9.17, 15) is 0 Å². The third kappa shape index (κ3) is 1.92. The van der Waals surface area contributed by atoms with Crippen molar-refractivity contribution >= 4 is 0 Å². The molecule has 0 aromatic rings. The molecule has 2 atom stereocenters. The Morgan fingerprint density at radius 1 is 1.27 bits per heavy atom. The Labute approximate surface area is 67.5 Å². The number of nitrogens with one attached hydrogen (secondary N) is 2. The standard InChI is InChI=1S/C8H16N2O/c1-3-9-5-7(1)10-8-2-4-11-6-8/h7-10H,1-6H2. The molecule has 64 valence electrons. The molecule has 2 aliphatic rings. The molecule has 0 aromatic carbocycles. The van der Waals surface area contributed by atoms with E-state index in [0.29, 0.717) is 12.1 Å². The fourth-order valence-corrected chi connectivity index (χ4v) is 1.80.